The molecule has 0 aliphatic carbocycles. The standard InChI is InChI=1S/C9H14N2O3S.C6H8N2.C4H8O.C3H6O3S/c10-8-3-1-4-9(7-8)11-5-2-6-15(12,13)14;7-5-2-1-3-6(8)4-5;1-2-4-5-3-1;4-7(5)3-1-2-6-7/h1,3-4,7,11H,2,5-6,10H2,(H,12,13,14);1-4H,7-8H2;1-4H2;1-3H2. The van der Waals surface area contributed by atoms with Gasteiger partial charge in [0, 0.05) is 42.5 Å². The first kappa shape index (κ1) is 30.5. The van der Waals surface area contributed by atoms with Crippen molar-refractivity contribution in [2.24, 2.45) is 0 Å². The molecule has 0 atom stereocenters. The number of hydrogen-bond acceptors (Lipinski definition) is 10. The third-order valence-corrected chi connectivity index (χ3v) is 6.45. The van der Waals surface area contributed by atoms with E-state index in [2.05, 4.69) is 9.50 Å². The summed E-state index contributed by atoms with van der Waals surface area (Å²) in [4.78, 5) is 0. The van der Waals surface area contributed by atoms with E-state index in [1.807, 2.05) is 12.1 Å². The lowest BCUT2D eigenvalue weighted by Gasteiger charge is -2.05. The van der Waals surface area contributed by atoms with Crippen LogP contribution in [0.4, 0.5) is 22.7 Å². The van der Waals surface area contributed by atoms with Crippen LogP contribution in [0.2, 0.25) is 0 Å². The Labute approximate surface area is 207 Å². The number of nitrogen functional groups attached to an aromatic ring is 3. The summed E-state index contributed by atoms with van der Waals surface area (Å²) >= 11 is 0. The summed E-state index contributed by atoms with van der Waals surface area (Å²) in [5, 5.41) is 3.00. The molecule has 198 valence electrons. The molecule has 2 aromatic rings. The molecule has 2 saturated heterocycles. The largest absolute Gasteiger partial charge is 0.399 e. The molecule has 35 heavy (non-hydrogen) atoms. The van der Waals surface area contributed by atoms with Gasteiger partial charge in [0.1, 0.15) is 0 Å². The summed E-state index contributed by atoms with van der Waals surface area (Å²) in [7, 11) is -6.90. The average Bonchev–Trinajstić information content (AvgIpc) is 3.46. The van der Waals surface area contributed by atoms with E-state index in [0.29, 0.717) is 43.1 Å². The van der Waals surface area contributed by atoms with Gasteiger partial charge in [-0.1, -0.05) is 12.1 Å². The minimum Gasteiger partial charge on any atom is -0.399 e. The van der Waals surface area contributed by atoms with Crippen molar-refractivity contribution >= 4 is 43.0 Å². The lowest BCUT2D eigenvalue weighted by atomic mass is 10.3. The topological polar surface area (TPSA) is 197 Å². The predicted octanol–water partition coefficient (Wildman–Crippen LogP) is 2.34. The van der Waals surface area contributed by atoms with Gasteiger partial charge in [-0.2, -0.15) is 16.8 Å². The number of benzene rings is 2. The van der Waals surface area contributed by atoms with Crippen LogP contribution in [0.25, 0.3) is 0 Å². The zero-order chi connectivity index (χ0) is 26.2. The normalized spacial score (nSPS) is 15.9. The highest BCUT2D eigenvalue weighted by atomic mass is 32.2. The van der Waals surface area contributed by atoms with Crippen LogP contribution in [0.1, 0.15) is 25.7 Å². The first-order valence-corrected chi connectivity index (χ1v) is 14.3. The molecule has 11 nitrogen and oxygen atoms in total. The Morgan fingerprint density at radius 1 is 0.886 bits per heavy atom. The predicted molar refractivity (Wildman–Crippen MR) is 140 cm³/mol. The lowest BCUT2D eigenvalue weighted by molar-refractivity contribution is 0.198. The molecule has 2 aliphatic heterocycles. The Morgan fingerprint density at radius 3 is 1.80 bits per heavy atom. The van der Waals surface area contributed by atoms with E-state index < -0.39 is 20.2 Å². The molecule has 2 heterocycles. The molecule has 0 radical (unpaired) electrons. The highest BCUT2D eigenvalue weighted by molar-refractivity contribution is 7.86. The van der Waals surface area contributed by atoms with Crippen molar-refractivity contribution in [1.29, 1.82) is 0 Å². The minimum atomic E-state index is -3.85. The summed E-state index contributed by atoms with van der Waals surface area (Å²) in [5.74, 6) is -0.0324. The molecule has 8 N–H and O–H groups in total. The molecule has 2 fully saturated rings. The van der Waals surface area contributed by atoms with E-state index in [9.17, 15) is 16.8 Å². The van der Waals surface area contributed by atoms with Crippen LogP contribution < -0.4 is 22.5 Å². The van der Waals surface area contributed by atoms with Gasteiger partial charge in [-0.25, -0.2) is 0 Å². The number of rotatable bonds is 5. The maximum atomic E-state index is 10.4. The molecule has 0 bridgehead atoms. The van der Waals surface area contributed by atoms with Crippen LogP contribution in [-0.2, 0) is 29.2 Å². The van der Waals surface area contributed by atoms with Gasteiger partial charge in [0.05, 0.1) is 18.1 Å². The lowest BCUT2D eigenvalue weighted by Crippen LogP contribution is -2.10. The van der Waals surface area contributed by atoms with Gasteiger partial charge in [-0.05, 0) is 62.1 Å². The van der Waals surface area contributed by atoms with Gasteiger partial charge in [-0.3, -0.25) is 8.74 Å². The van der Waals surface area contributed by atoms with E-state index in [0.717, 1.165) is 18.9 Å². The second-order valence-electron chi connectivity index (χ2n) is 7.62. The van der Waals surface area contributed by atoms with Gasteiger partial charge >= 0.3 is 0 Å². The average molecular weight is 533 g/mol. The number of anilines is 4. The number of hydrogen-bond donors (Lipinski definition) is 5. The third kappa shape index (κ3) is 17.5. The number of nitrogens with one attached hydrogen (secondary N) is 1. The van der Waals surface area contributed by atoms with Crippen molar-refractivity contribution in [3.63, 3.8) is 0 Å². The zero-order valence-electron chi connectivity index (χ0n) is 19.6. The van der Waals surface area contributed by atoms with Crippen LogP contribution in [0.5, 0.6) is 0 Å². The highest BCUT2D eigenvalue weighted by Gasteiger charge is 2.16. The van der Waals surface area contributed by atoms with Gasteiger partial charge in [0.25, 0.3) is 20.2 Å². The fraction of sp³-hybridized carbons (Fsp3) is 0.455. The maximum Gasteiger partial charge on any atom is 0.267 e. The van der Waals surface area contributed by atoms with Crippen molar-refractivity contribution in [3.05, 3.63) is 48.5 Å². The molecule has 4 rings (SSSR count). The summed E-state index contributed by atoms with van der Waals surface area (Å²) < 4.78 is 59.0. The molecule has 0 amide bonds. The Kier molecular flexibility index (Phi) is 14.1. The van der Waals surface area contributed by atoms with Gasteiger partial charge in [0.2, 0.25) is 0 Å². The molecule has 13 heteroatoms. The number of nitrogens with two attached hydrogens (primary N) is 3. The first-order chi connectivity index (χ1) is 16.5. The smallest absolute Gasteiger partial charge is 0.267 e. The highest BCUT2D eigenvalue weighted by Crippen LogP contribution is 2.11. The second-order valence-corrected chi connectivity index (χ2v) is 11.0. The molecule has 2 aliphatic rings. The summed E-state index contributed by atoms with van der Waals surface area (Å²) in [6, 6.07) is 14.3. The molecule has 0 unspecified atom stereocenters. The van der Waals surface area contributed by atoms with Crippen LogP contribution >= 0.6 is 0 Å². The molecule has 0 aromatic heterocycles. The van der Waals surface area contributed by atoms with Crippen molar-refractivity contribution in [3.8, 4) is 0 Å². The zero-order valence-corrected chi connectivity index (χ0v) is 21.3. The number of ether oxygens (including phenoxy) is 1. The fourth-order valence-corrected chi connectivity index (χ4v) is 4.16. The third-order valence-electron chi connectivity index (χ3n) is 4.33. The van der Waals surface area contributed by atoms with E-state index in [1.165, 1.54) is 12.8 Å². The monoisotopic (exact) mass is 532 g/mol. The quantitative estimate of drug-likeness (QED) is 0.164. The summed E-state index contributed by atoms with van der Waals surface area (Å²) in [6.07, 6.45) is 3.57. The summed E-state index contributed by atoms with van der Waals surface area (Å²) in [5.41, 5.74) is 19.2. The Morgan fingerprint density at radius 2 is 1.46 bits per heavy atom. The van der Waals surface area contributed by atoms with Crippen molar-refractivity contribution < 1.29 is 30.3 Å². The van der Waals surface area contributed by atoms with Crippen LogP contribution in [0, 0.1) is 0 Å². The van der Waals surface area contributed by atoms with E-state index >= 15 is 0 Å². The fourth-order valence-electron chi connectivity index (χ4n) is 2.69. The van der Waals surface area contributed by atoms with Gasteiger partial charge in [0.15, 0.2) is 0 Å². The molecular weight excluding hydrogens is 496 g/mol. The molecule has 0 saturated carbocycles. The second kappa shape index (κ2) is 16.2. The molecule has 2 aromatic carbocycles. The maximum absolute atomic E-state index is 10.4. The SMILES string of the molecule is C1CCOC1.Nc1cccc(N)c1.Nc1cccc(NCCCS(=O)(=O)O)c1.O=S1(=O)CCCO1. The van der Waals surface area contributed by atoms with Gasteiger partial charge < -0.3 is 27.3 Å². The van der Waals surface area contributed by atoms with E-state index in [1.54, 1.807) is 36.4 Å². The van der Waals surface area contributed by atoms with Crippen molar-refractivity contribution in [2.45, 2.75) is 25.7 Å². The van der Waals surface area contributed by atoms with Crippen LogP contribution in [-0.4, -0.2) is 59.3 Å². The first-order valence-electron chi connectivity index (χ1n) is 11.1. The van der Waals surface area contributed by atoms with E-state index in [4.69, 9.17) is 26.5 Å². The molecular formula is C22H36N4O7S2. The van der Waals surface area contributed by atoms with Gasteiger partial charge in [-0.15, -0.1) is 0 Å². The minimum absolute atomic E-state index is 0.201. The van der Waals surface area contributed by atoms with Crippen molar-refractivity contribution in [2.75, 3.05) is 60.4 Å². The van der Waals surface area contributed by atoms with Crippen molar-refractivity contribution in [1.82, 2.24) is 0 Å². The summed E-state index contributed by atoms with van der Waals surface area (Å²) in [6.45, 7) is 2.85. The van der Waals surface area contributed by atoms with E-state index in [-0.39, 0.29) is 11.5 Å². The Bertz CT molecular complexity index is 1040. The molecule has 0 spiro atoms. The Hall–Kier alpha value is -2.58. The van der Waals surface area contributed by atoms with Crippen LogP contribution in [0.3, 0.4) is 0 Å². The van der Waals surface area contributed by atoms with Crippen LogP contribution in [0.15, 0.2) is 48.5 Å². The Balaban J connectivity index is 0.000000256.